The number of aromatic nitrogens is 1. The van der Waals surface area contributed by atoms with Crippen molar-refractivity contribution in [2.24, 2.45) is 0 Å². The highest BCUT2D eigenvalue weighted by Crippen LogP contribution is 2.44. The third-order valence-electron chi connectivity index (χ3n) is 5.51. The topological polar surface area (TPSA) is 106 Å². The molecule has 1 aromatic heterocycles. The number of benzene rings is 2. The van der Waals surface area contributed by atoms with Crippen LogP contribution >= 0.6 is 11.3 Å². The first-order valence-electron chi connectivity index (χ1n) is 11.2. The average molecular weight is 505 g/mol. The maximum atomic E-state index is 13.3. The largest absolute Gasteiger partial charge is 0.507 e. The Morgan fingerprint density at radius 2 is 1.86 bits per heavy atom. The zero-order chi connectivity index (χ0) is 25.8. The number of esters is 1. The van der Waals surface area contributed by atoms with Crippen molar-refractivity contribution in [1.82, 2.24) is 4.98 Å². The highest BCUT2D eigenvalue weighted by molar-refractivity contribution is 7.17. The minimum Gasteiger partial charge on any atom is -0.507 e. The van der Waals surface area contributed by atoms with Gasteiger partial charge in [0.15, 0.2) is 5.13 Å². The summed E-state index contributed by atoms with van der Waals surface area (Å²) in [6.07, 6.45) is 1.61. The van der Waals surface area contributed by atoms with E-state index in [2.05, 4.69) is 11.6 Å². The van der Waals surface area contributed by atoms with E-state index in [1.807, 2.05) is 6.07 Å². The molecule has 1 aliphatic rings. The van der Waals surface area contributed by atoms with Crippen molar-refractivity contribution in [3.63, 3.8) is 0 Å². The van der Waals surface area contributed by atoms with Crippen LogP contribution in [0.15, 0.2) is 72.8 Å². The van der Waals surface area contributed by atoms with E-state index in [0.717, 1.165) is 11.3 Å². The van der Waals surface area contributed by atoms with E-state index >= 15 is 0 Å². The summed E-state index contributed by atoms with van der Waals surface area (Å²) in [6.45, 7) is 7.46. The number of ketones is 1. The van der Waals surface area contributed by atoms with Gasteiger partial charge in [0.2, 0.25) is 0 Å². The lowest BCUT2D eigenvalue weighted by atomic mass is 9.95. The number of nitrogens with zero attached hydrogens (tertiary/aromatic N) is 2. The first-order chi connectivity index (χ1) is 17.4. The van der Waals surface area contributed by atoms with Crippen molar-refractivity contribution >= 4 is 39.9 Å². The zero-order valence-corrected chi connectivity index (χ0v) is 20.6. The molecule has 36 heavy (non-hydrogen) atoms. The number of rotatable bonds is 8. The first kappa shape index (κ1) is 24.9. The summed E-state index contributed by atoms with van der Waals surface area (Å²) in [6, 6.07) is 14.5. The fraction of sp³-hybridized carbons (Fsp3) is 0.185. The number of aryl methyl sites for hydroxylation is 1. The zero-order valence-electron chi connectivity index (χ0n) is 19.8. The highest BCUT2D eigenvalue weighted by Gasteiger charge is 2.48. The van der Waals surface area contributed by atoms with Gasteiger partial charge in [0.25, 0.3) is 5.78 Å². The molecular formula is C27H24N2O6S. The predicted molar refractivity (Wildman–Crippen MR) is 136 cm³/mol. The van der Waals surface area contributed by atoms with E-state index in [-0.39, 0.29) is 27.9 Å². The van der Waals surface area contributed by atoms with E-state index < -0.39 is 23.7 Å². The molecular weight excluding hydrogens is 480 g/mol. The standard InChI is InChI=1S/C27H24N2O6S/c1-4-15-35-19-13-11-18(12-14-19)22(30)20-21(17-9-7-6-8-10-17)29(25(32)23(20)31)27-28-16(3)24(36-27)26(33)34-5-2/h4,6-14,21,30H,1,5,15H2,2-3H3. The molecule has 1 N–H and O–H groups in total. The second-order valence-corrected chi connectivity index (χ2v) is 8.81. The van der Waals surface area contributed by atoms with Gasteiger partial charge in [-0.05, 0) is 43.7 Å². The van der Waals surface area contributed by atoms with Crippen LogP contribution in [0.25, 0.3) is 5.76 Å². The molecule has 1 amide bonds. The van der Waals surface area contributed by atoms with Gasteiger partial charge in [0.05, 0.1) is 23.9 Å². The number of aliphatic hydroxyl groups is 1. The first-order valence-corrected chi connectivity index (χ1v) is 12.0. The molecule has 2 aromatic carbocycles. The molecule has 1 unspecified atom stereocenters. The van der Waals surface area contributed by atoms with Gasteiger partial charge in [-0.15, -0.1) is 0 Å². The second-order valence-electron chi connectivity index (χ2n) is 7.84. The lowest BCUT2D eigenvalue weighted by Crippen LogP contribution is -2.29. The molecule has 0 radical (unpaired) electrons. The third kappa shape index (κ3) is 4.65. The van der Waals surface area contributed by atoms with Crippen LogP contribution in [0.4, 0.5) is 5.13 Å². The SMILES string of the molecule is C=CCOc1ccc(C(O)=C2C(=O)C(=O)N(c3nc(C)c(C(=O)OCC)s3)C2c2ccccc2)cc1. The monoisotopic (exact) mass is 504 g/mol. The van der Waals surface area contributed by atoms with Gasteiger partial charge < -0.3 is 14.6 Å². The van der Waals surface area contributed by atoms with Gasteiger partial charge in [0, 0.05) is 5.56 Å². The third-order valence-corrected chi connectivity index (χ3v) is 6.64. The molecule has 1 atom stereocenters. The molecule has 2 heterocycles. The van der Waals surface area contributed by atoms with E-state index in [1.54, 1.807) is 68.5 Å². The summed E-state index contributed by atoms with van der Waals surface area (Å²) in [5, 5.41) is 11.4. The van der Waals surface area contributed by atoms with Crippen LogP contribution in [0.3, 0.4) is 0 Å². The number of aliphatic hydroxyl groups excluding tert-OH is 1. The van der Waals surface area contributed by atoms with Gasteiger partial charge >= 0.3 is 11.9 Å². The smallest absolute Gasteiger partial charge is 0.350 e. The normalized spacial score (nSPS) is 16.7. The fourth-order valence-corrected chi connectivity index (χ4v) is 4.86. The van der Waals surface area contributed by atoms with Crippen molar-refractivity contribution in [2.45, 2.75) is 19.9 Å². The van der Waals surface area contributed by atoms with E-state index in [4.69, 9.17) is 9.47 Å². The Labute approximate surface area is 212 Å². The van der Waals surface area contributed by atoms with Gasteiger partial charge in [0.1, 0.15) is 23.0 Å². The molecule has 9 heteroatoms. The maximum absolute atomic E-state index is 13.3. The summed E-state index contributed by atoms with van der Waals surface area (Å²) < 4.78 is 10.6. The maximum Gasteiger partial charge on any atom is 0.350 e. The van der Waals surface area contributed by atoms with Crippen molar-refractivity contribution in [2.75, 3.05) is 18.1 Å². The number of hydrogen-bond donors (Lipinski definition) is 1. The molecule has 1 fully saturated rings. The van der Waals surface area contributed by atoms with Crippen LogP contribution < -0.4 is 9.64 Å². The van der Waals surface area contributed by atoms with E-state index in [1.165, 1.54) is 4.90 Å². The van der Waals surface area contributed by atoms with Gasteiger partial charge in [-0.3, -0.25) is 14.5 Å². The fourth-order valence-electron chi connectivity index (χ4n) is 3.87. The molecule has 184 valence electrons. The Morgan fingerprint density at radius 1 is 1.17 bits per heavy atom. The minimum atomic E-state index is -0.941. The number of amides is 1. The Balaban J connectivity index is 1.83. The molecule has 0 saturated carbocycles. The van der Waals surface area contributed by atoms with Crippen LogP contribution in [0.5, 0.6) is 5.75 Å². The van der Waals surface area contributed by atoms with Crippen LogP contribution in [0.1, 0.15) is 39.5 Å². The van der Waals surface area contributed by atoms with Crippen LogP contribution in [0.2, 0.25) is 0 Å². The molecule has 4 rings (SSSR count). The van der Waals surface area contributed by atoms with Crippen LogP contribution in [0, 0.1) is 6.92 Å². The molecule has 0 bridgehead atoms. The number of thiazole rings is 1. The number of carbonyl (C=O) groups is 3. The average Bonchev–Trinajstić information content (AvgIpc) is 3.40. The Bertz CT molecular complexity index is 1340. The van der Waals surface area contributed by atoms with Crippen molar-refractivity contribution < 1.29 is 29.0 Å². The molecule has 3 aromatic rings. The van der Waals surface area contributed by atoms with Crippen LogP contribution in [-0.2, 0) is 14.3 Å². The Kier molecular flexibility index (Phi) is 7.30. The molecule has 1 aliphatic heterocycles. The van der Waals surface area contributed by atoms with E-state index in [0.29, 0.717) is 29.2 Å². The van der Waals surface area contributed by atoms with Gasteiger partial charge in [-0.2, -0.15) is 0 Å². The number of hydrogen-bond acceptors (Lipinski definition) is 8. The molecule has 0 spiro atoms. The second kappa shape index (κ2) is 10.6. The summed E-state index contributed by atoms with van der Waals surface area (Å²) in [7, 11) is 0. The molecule has 8 nitrogen and oxygen atoms in total. The quantitative estimate of drug-likeness (QED) is 0.154. The number of anilines is 1. The van der Waals surface area contributed by atoms with Crippen LogP contribution in [-0.4, -0.2) is 41.0 Å². The minimum absolute atomic E-state index is 0.0727. The van der Waals surface area contributed by atoms with E-state index in [9.17, 15) is 19.5 Å². The summed E-state index contributed by atoms with van der Waals surface area (Å²) in [5.74, 6) is -2.00. The van der Waals surface area contributed by atoms with Crippen molar-refractivity contribution in [3.8, 4) is 5.75 Å². The predicted octanol–water partition coefficient (Wildman–Crippen LogP) is 4.82. The Morgan fingerprint density at radius 3 is 2.50 bits per heavy atom. The van der Waals surface area contributed by atoms with Crippen molar-refractivity contribution in [3.05, 3.63) is 94.5 Å². The summed E-state index contributed by atoms with van der Waals surface area (Å²) in [4.78, 5) is 44.8. The number of carbonyl (C=O) groups excluding carboxylic acids is 3. The summed E-state index contributed by atoms with van der Waals surface area (Å²) >= 11 is 0.967. The van der Waals surface area contributed by atoms with Gasteiger partial charge in [-0.1, -0.05) is 54.3 Å². The Hall–Kier alpha value is -4.24. The molecule has 1 saturated heterocycles. The summed E-state index contributed by atoms with van der Waals surface area (Å²) in [5.41, 5.74) is 1.27. The lowest BCUT2D eigenvalue weighted by Gasteiger charge is -2.23. The van der Waals surface area contributed by atoms with Crippen molar-refractivity contribution in [1.29, 1.82) is 0 Å². The van der Waals surface area contributed by atoms with Gasteiger partial charge in [-0.25, -0.2) is 9.78 Å². The lowest BCUT2D eigenvalue weighted by molar-refractivity contribution is -0.132. The number of ether oxygens (including phenoxy) is 2. The number of Topliss-reactive ketones (excluding diaryl/α,β-unsaturated/α-hetero) is 1. The molecule has 0 aliphatic carbocycles. The highest BCUT2D eigenvalue weighted by atomic mass is 32.1.